The summed E-state index contributed by atoms with van der Waals surface area (Å²) in [7, 11) is 0. The molecular weight excluding hydrogens is 394 g/mol. The van der Waals surface area contributed by atoms with E-state index in [4.69, 9.17) is 10.5 Å². The van der Waals surface area contributed by atoms with Crippen molar-refractivity contribution in [1.29, 1.82) is 0 Å². The minimum atomic E-state index is 0.443. The summed E-state index contributed by atoms with van der Waals surface area (Å²) in [5.74, 6) is 1.34. The lowest BCUT2D eigenvalue weighted by Crippen LogP contribution is -2.19. The second kappa shape index (κ2) is 8.57. The van der Waals surface area contributed by atoms with E-state index >= 15 is 0 Å². The first-order valence-electron chi connectivity index (χ1n) is 7.00. The van der Waals surface area contributed by atoms with Crippen LogP contribution < -0.4 is 10.5 Å². The van der Waals surface area contributed by atoms with Crippen LogP contribution in [0.5, 0.6) is 5.75 Å². The molecule has 0 amide bonds. The molecule has 0 radical (unpaired) electrons. The molecule has 2 aromatic carbocycles. The van der Waals surface area contributed by atoms with E-state index < -0.39 is 0 Å². The van der Waals surface area contributed by atoms with Gasteiger partial charge in [-0.05, 0) is 61.2 Å². The second-order valence-electron chi connectivity index (χ2n) is 5.03. The maximum atomic E-state index is 5.88. The predicted molar refractivity (Wildman–Crippen MR) is 94.6 cm³/mol. The molecule has 2 nitrogen and oxygen atoms in total. The van der Waals surface area contributed by atoms with Gasteiger partial charge in [0.25, 0.3) is 0 Å². The molecule has 1 unspecified atom stereocenters. The zero-order valence-electron chi connectivity index (χ0n) is 11.8. The number of rotatable bonds is 7. The first-order valence-corrected chi connectivity index (χ1v) is 8.59. The molecule has 2 N–H and O–H groups in total. The SMILES string of the molecule is NCC(CCOc1cccc(Br)c1)Cc1ccc(Br)cc1. The molecule has 1 atom stereocenters. The molecule has 0 spiro atoms. The van der Waals surface area contributed by atoms with Gasteiger partial charge in [0.15, 0.2) is 0 Å². The Labute approximate surface area is 143 Å². The predicted octanol–water partition coefficient (Wildman–Crippen LogP) is 4.80. The highest BCUT2D eigenvalue weighted by Gasteiger charge is 2.08. The second-order valence-corrected chi connectivity index (χ2v) is 6.86. The summed E-state index contributed by atoms with van der Waals surface area (Å²) in [4.78, 5) is 0. The zero-order chi connectivity index (χ0) is 15.1. The normalized spacial score (nSPS) is 12.1. The fraction of sp³-hybridized carbons (Fsp3) is 0.294. The third-order valence-electron chi connectivity index (χ3n) is 3.36. The molecule has 0 fully saturated rings. The summed E-state index contributed by atoms with van der Waals surface area (Å²) in [6.07, 6.45) is 1.95. The largest absolute Gasteiger partial charge is 0.494 e. The van der Waals surface area contributed by atoms with Crippen molar-refractivity contribution >= 4 is 31.9 Å². The van der Waals surface area contributed by atoms with E-state index in [1.54, 1.807) is 0 Å². The van der Waals surface area contributed by atoms with Crippen molar-refractivity contribution in [2.45, 2.75) is 12.8 Å². The standard InChI is InChI=1S/C17H19Br2NO/c18-15-6-4-13(5-7-15)10-14(12-20)8-9-21-17-3-1-2-16(19)11-17/h1-7,11,14H,8-10,12,20H2. The number of hydrogen-bond acceptors (Lipinski definition) is 2. The number of nitrogens with two attached hydrogens (primary N) is 1. The van der Waals surface area contributed by atoms with Crippen LogP contribution in [0.4, 0.5) is 0 Å². The fourth-order valence-corrected chi connectivity index (χ4v) is 2.80. The van der Waals surface area contributed by atoms with Crippen molar-refractivity contribution in [2.24, 2.45) is 11.7 Å². The lowest BCUT2D eigenvalue weighted by molar-refractivity contribution is 0.278. The van der Waals surface area contributed by atoms with Crippen LogP contribution in [0, 0.1) is 5.92 Å². The minimum Gasteiger partial charge on any atom is -0.494 e. The first kappa shape index (κ1) is 16.5. The molecule has 0 bridgehead atoms. The lowest BCUT2D eigenvalue weighted by atomic mass is 9.97. The molecule has 0 aliphatic rings. The summed E-state index contributed by atoms with van der Waals surface area (Å²) in [5, 5.41) is 0. The Morgan fingerprint density at radius 2 is 1.76 bits per heavy atom. The van der Waals surface area contributed by atoms with Gasteiger partial charge in [0.1, 0.15) is 5.75 Å². The summed E-state index contributed by atoms with van der Waals surface area (Å²) in [5.41, 5.74) is 7.20. The van der Waals surface area contributed by atoms with Crippen molar-refractivity contribution in [1.82, 2.24) is 0 Å². The van der Waals surface area contributed by atoms with Gasteiger partial charge in [-0.2, -0.15) is 0 Å². The van der Waals surface area contributed by atoms with Crippen molar-refractivity contribution in [2.75, 3.05) is 13.2 Å². The van der Waals surface area contributed by atoms with Crippen molar-refractivity contribution in [3.8, 4) is 5.75 Å². The monoisotopic (exact) mass is 411 g/mol. The average molecular weight is 413 g/mol. The summed E-state index contributed by atoms with van der Waals surface area (Å²) >= 11 is 6.90. The molecule has 2 rings (SSSR count). The number of benzene rings is 2. The van der Waals surface area contributed by atoms with Gasteiger partial charge >= 0.3 is 0 Å². The van der Waals surface area contributed by atoms with E-state index in [-0.39, 0.29) is 0 Å². The van der Waals surface area contributed by atoms with Crippen LogP contribution in [0.2, 0.25) is 0 Å². The Kier molecular flexibility index (Phi) is 6.74. The van der Waals surface area contributed by atoms with Crippen LogP contribution >= 0.6 is 31.9 Å². The highest BCUT2D eigenvalue weighted by molar-refractivity contribution is 9.10. The van der Waals surface area contributed by atoms with Crippen LogP contribution in [0.1, 0.15) is 12.0 Å². The van der Waals surface area contributed by atoms with Crippen molar-refractivity contribution < 1.29 is 4.74 Å². The van der Waals surface area contributed by atoms with E-state index in [1.165, 1.54) is 5.56 Å². The van der Waals surface area contributed by atoms with Gasteiger partial charge in [0.05, 0.1) is 6.61 Å². The maximum absolute atomic E-state index is 5.88. The Bertz CT molecular complexity index is 557. The Hall–Kier alpha value is -0.840. The first-order chi connectivity index (χ1) is 10.2. The molecule has 0 aliphatic carbocycles. The molecular formula is C17H19Br2NO. The Balaban J connectivity index is 1.81. The third-order valence-corrected chi connectivity index (χ3v) is 4.38. The molecule has 0 saturated heterocycles. The number of hydrogen-bond donors (Lipinski definition) is 1. The summed E-state index contributed by atoms with van der Waals surface area (Å²) < 4.78 is 7.92. The Morgan fingerprint density at radius 1 is 1.00 bits per heavy atom. The number of ether oxygens (including phenoxy) is 1. The highest BCUT2D eigenvalue weighted by Crippen LogP contribution is 2.19. The van der Waals surface area contributed by atoms with Crippen LogP contribution in [0.15, 0.2) is 57.5 Å². The molecule has 0 aliphatic heterocycles. The van der Waals surface area contributed by atoms with E-state index in [1.807, 2.05) is 24.3 Å². The third kappa shape index (κ3) is 5.81. The molecule has 4 heteroatoms. The lowest BCUT2D eigenvalue weighted by Gasteiger charge is -2.15. The topological polar surface area (TPSA) is 35.2 Å². The molecule has 21 heavy (non-hydrogen) atoms. The smallest absolute Gasteiger partial charge is 0.120 e. The van der Waals surface area contributed by atoms with Gasteiger partial charge in [0, 0.05) is 8.95 Å². The molecule has 0 saturated carbocycles. The van der Waals surface area contributed by atoms with E-state index in [2.05, 4.69) is 56.1 Å². The van der Waals surface area contributed by atoms with E-state index in [0.717, 1.165) is 27.5 Å². The van der Waals surface area contributed by atoms with Crippen molar-refractivity contribution in [3.63, 3.8) is 0 Å². The zero-order valence-corrected chi connectivity index (χ0v) is 14.9. The van der Waals surface area contributed by atoms with Gasteiger partial charge in [-0.1, -0.05) is 50.1 Å². The van der Waals surface area contributed by atoms with E-state index in [0.29, 0.717) is 19.1 Å². The quantitative estimate of drug-likeness (QED) is 0.708. The molecule has 0 heterocycles. The highest BCUT2D eigenvalue weighted by atomic mass is 79.9. The van der Waals surface area contributed by atoms with E-state index in [9.17, 15) is 0 Å². The van der Waals surface area contributed by atoms with Crippen molar-refractivity contribution in [3.05, 3.63) is 63.0 Å². The Morgan fingerprint density at radius 3 is 2.43 bits per heavy atom. The van der Waals surface area contributed by atoms with Crippen LogP contribution in [0.25, 0.3) is 0 Å². The maximum Gasteiger partial charge on any atom is 0.120 e. The van der Waals surface area contributed by atoms with Crippen LogP contribution in [-0.4, -0.2) is 13.2 Å². The summed E-state index contributed by atoms with van der Waals surface area (Å²) in [6, 6.07) is 16.3. The number of halogens is 2. The van der Waals surface area contributed by atoms with Crippen LogP contribution in [-0.2, 0) is 6.42 Å². The van der Waals surface area contributed by atoms with Gasteiger partial charge in [-0.15, -0.1) is 0 Å². The van der Waals surface area contributed by atoms with Gasteiger partial charge in [-0.3, -0.25) is 0 Å². The van der Waals surface area contributed by atoms with Gasteiger partial charge < -0.3 is 10.5 Å². The molecule has 2 aromatic rings. The summed E-state index contributed by atoms with van der Waals surface area (Å²) in [6.45, 7) is 1.37. The van der Waals surface area contributed by atoms with Gasteiger partial charge in [-0.25, -0.2) is 0 Å². The van der Waals surface area contributed by atoms with Gasteiger partial charge in [0.2, 0.25) is 0 Å². The molecule has 112 valence electrons. The minimum absolute atomic E-state index is 0.443. The average Bonchev–Trinajstić information content (AvgIpc) is 2.48. The fourth-order valence-electron chi connectivity index (χ4n) is 2.16. The molecule has 0 aromatic heterocycles. The van der Waals surface area contributed by atoms with Crippen LogP contribution in [0.3, 0.4) is 0 Å².